The lowest BCUT2D eigenvalue weighted by atomic mass is 9.94. The SMILES string of the molecule is c1cc(-c2ccc(Nc3ccc(N4CCN(C5CCCCC5)CC4)cc3)c3ncnn23)ccn1. The zero-order valence-corrected chi connectivity index (χ0v) is 19.5. The topological polar surface area (TPSA) is 61.6 Å². The second-order valence-corrected chi connectivity index (χ2v) is 9.35. The molecule has 0 bridgehead atoms. The number of nitrogens with zero attached hydrogens (tertiary/aromatic N) is 6. The Morgan fingerprint density at radius 1 is 0.794 bits per heavy atom. The highest BCUT2D eigenvalue weighted by Gasteiger charge is 2.25. The molecule has 4 heterocycles. The predicted molar refractivity (Wildman–Crippen MR) is 137 cm³/mol. The molecule has 0 amide bonds. The molecule has 174 valence electrons. The van der Waals surface area contributed by atoms with E-state index in [0.717, 1.165) is 47.4 Å². The minimum absolute atomic E-state index is 0.803. The van der Waals surface area contributed by atoms with E-state index in [-0.39, 0.29) is 0 Å². The van der Waals surface area contributed by atoms with Gasteiger partial charge in [-0.05, 0) is 61.4 Å². The molecule has 0 atom stereocenters. The third-order valence-corrected chi connectivity index (χ3v) is 7.32. The molecule has 6 rings (SSSR count). The Kier molecular flexibility index (Phi) is 5.85. The largest absolute Gasteiger partial charge is 0.369 e. The Morgan fingerprint density at radius 3 is 2.32 bits per heavy atom. The van der Waals surface area contributed by atoms with E-state index in [9.17, 15) is 0 Å². The van der Waals surface area contributed by atoms with Crippen LogP contribution in [0.1, 0.15) is 32.1 Å². The summed E-state index contributed by atoms with van der Waals surface area (Å²) in [5, 5.41) is 7.98. The van der Waals surface area contributed by atoms with Crippen LogP contribution in [-0.4, -0.2) is 56.7 Å². The maximum absolute atomic E-state index is 4.50. The van der Waals surface area contributed by atoms with Gasteiger partial charge in [0.1, 0.15) is 6.33 Å². The number of benzene rings is 1. The van der Waals surface area contributed by atoms with Gasteiger partial charge in [0.2, 0.25) is 0 Å². The van der Waals surface area contributed by atoms with Crippen LogP contribution in [0.5, 0.6) is 0 Å². The minimum Gasteiger partial charge on any atom is -0.369 e. The molecule has 0 spiro atoms. The van der Waals surface area contributed by atoms with Crippen molar-refractivity contribution in [1.82, 2.24) is 24.5 Å². The van der Waals surface area contributed by atoms with E-state index in [1.165, 1.54) is 50.9 Å². The fourth-order valence-corrected chi connectivity index (χ4v) is 5.45. The summed E-state index contributed by atoms with van der Waals surface area (Å²) in [5.41, 5.74) is 6.13. The van der Waals surface area contributed by atoms with Gasteiger partial charge in [0.05, 0.1) is 11.4 Å². The average Bonchev–Trinajstić information content (AvgIpc) is 3.41. The normalized spacial score (nSPS) is 17.8. The summed E-state index contributed by atoms with van der Waals surface area (Å²) >= 11 is 0. The highest BCUT2D eigenvalue weighted by molar-refractivity contribution is 5.77. The van der Waals surface area contributed by atoms with E-state index in [1.54, 1.807) is 18.7 Å². The molecule has 4 aromatic rings. The molecular formula is C27H31N7. The van der Waals surface area contributed by atoms with Crippen LogP contribution in [0, 0.1) is 0 Å². The number of fused-ring (bicyclic) bond motifs is 1. The maximum Gasteiger partial charge on any atom is 0.179 e. The van der Waals surface area contributed by atoms with Gasteiger partial charge in [-0.2, -0.15) is 5.10 Å². The van der Waals surface area contributed by atoms with E-state index < -0.39 is 0 Å². The number of nitrogens with one attached hydrogen (secondary N) is 1. The molecule has 1 aromatic carbocycles. The number of hydrogen-bond acceptors (Lipinski definition) is 6. The molecule has 7 heteroatoms. The van der Waals surface area contributed by atoms with Crippen LogP contribution in [0.2, 0.25) is 0 Å². The molecule has 34 heavy (non-hydrogen) atoms. The summed E-state index contributed by atoms with van der Waals surface area (Å²) in [7, 11) is 0. The fourth-order valence-electron chi connectivity index (χ4n) is 5.45. The van der Waals surface area contributed by atoms with Gasteiger partial charge in [-0.3, -0.25) is 9.88 Å². The smallest absolute Gasteiger partial charge is 0.179 e. The average molecular weight is 454 g/mol. The van der Waals surface area contributed by atoms with E-state index in [0.29, 0.717) is 0 Å². The lowest BCUT2D eigenvalue weighted by Crippen LogP contribution is -2.50. The molecule has 3 aromatic heterocycles. The van der Waals surface area contributed by atoms with Gasteiger partial charge < -0.3 is 10.2 Å². The van der Waals surface area contributed by atoms with Crippen molar-refractivity contribution in [1.29, 1.82) is 0 Å². The first-order chi connectivity index (χ1) is 16.8. The minimum atomic E-state index is 0.803. The van der Waals surface area contributed by atoms with Crippen molar-refractivity contribution >= 4 is 22.7 Å². The zero-order chi connectivity index (χ0) is 22.7. The number of aromatic nitrogens is 4. The Bertz CT molecular complexity index is 1220. The second-order valence-electron chi connectivity index (χ2n) is 9.35. The Hall–Kier alpha value is -3.45. The summed E-state index contributed by atoms with van der Waals surface area (Å²) in [6.45, 7) is 4.58. The molecule has 7 nitrogen and oxygen atoms in total. The van der Waals surface area contributed by atoms with Crippen LogP contribution in [0.3, 0.4) is 0 Å². The number of pyridine rings is 2. The van der Waals surface area contributed by atoms with Gasteiger partial charge in [-0.1, -0.05) is 19.3 Å². The predicted octanol–water partition coefficient (Wildman–Crippen LogP) is 4.99. The van der Waals surface area contributed by atoms with Crippen molar-refractivity contribution in [2.24, 2.45) is 0 Å². The summed E-state index contributed by atoms with van der Waals surface area (Å²) in [6.07, 6.45) is 12.2. The first kappa shape index (κ1) is 21.1. The first-order valence-electron chi connectivity index (χ1n) is 12.4. The second kappa shape index (κ2) is 9.43. The van der Waals surface area contributed by atoms with Crippen molar-refractivity contribution < 1.29 is 0 Å². The zero-order valence-electron chi connectivity index (χ0n) is 19.5. The quantitative estimate of drug-likeness (QED) is 0.459. The molecule has 1 aliphatic heterocycles. The van der Waals surface area contributed by atoms with E-state index in [2.05, 4.69) is 66.6 Å². The lowest BCUT2D eigenvalue weighted by molar-refractivity contribution is 0.148. The molecule has 1 N–H and O–H groups in total. The Labute approximate surface area is 200 Å². The molecule has 1 aliphatic carbocycles. The molecule has 1 saturated carbocycles. The first-order valence-corrected chi connectivity index (χ1v) is 12.4. The third-order valence-electron chi connectivity index (χ3n) is 7.32. The monoisotopic (exact) mass is 453 g/mol. The third kappa shape index (κ3) is 4.23. The van der Waals surface area contributed by atoms with Crippen LogP contribution in [0.15, 0.2) is 67.3 Å². The summed E-state index contributed by atoms with van der Waals surface area (Å²) < 4.78 is 1.87. The number of anilines is 3. The van der Waals surface area contributed by atoms with Crippen LogP contribution >= 0.6 is 0 Å². The van der Waals surface area contributed by atoms with Gasteiger partial charge in [0.15, 0.2) is 5.65 Å². The fraction of sp³-hybridized carbons (Fsp3) is 0.370. The summed E-state index contributed by atoms with van der Waals surface area (Å²) in [4.78, 5) is 13.9. The van der Waals surface area contributed by atoms with E-state index in [4.69, 9.17) is 0 Å². The lowest BCUT2D eigenvalue weighted by Gasteiger charge is -2.41. The van der Waals surface area contributed by atoms with Crippen LogP contribution in [0.25, 0.3) is 16.9 Å². The highest BCUT2D eigenvalue weighted by Crippen LogP contribution is 2.28. The van der Waals surface area contributed by atoms with Crippen LogP contribution in [-0.2, 0) is 0 Å². The Balaban J connectivity index is 1.14. The van der Waals surface area contributed by atoms with Gasteiger partial charge in [-0.15, -0.1) is 0 Å². The number of piperazine rings is 1. The number of rotatable bonds is 5. The van der Waals surface area contributed by atoms with Crippen molar-refractivity contribution in [3.05, 3.63) is 67.3 Å². The summed E-state index contributed by atoms with van der Waals surface area (Å²) in [5.74, 6) is 0. The molecule has 2 fully saturated rings. The van der Waals surface area contributed by atoms with Crippen LogP contribution in [0.4, 0.5) is 17.1 Å². The molecule has 2 aliphatic rings. The molecule has 0 radical (unpaired) electrons. The number of hydrogen-bond donors (Lipinski definition) is 1. The van der Waals surface area contributed by atoms with Gasteiger partial charge in [-0.25, -0.2) is 9.50 Å². The van der Waals surface area contributed by atoms with Crippen molar-refractivity contribution in [2.75, 3.05) is 36.4 Å². The standard InChI is InChI=1S/C27H31N7/c1-2-4-23(5-3-1)32-16-18-33(19-17-32)24-8-6-22(7-9-24)31-25-10-11-26(21-12-14-28-15-13-21)34-27(25)29-20-30-34/h6-15,20,23,31H,1-5,16-19H2. The van der Waals surface area contributed by atoms with Crippen LogP contribution < -0.4 is 10.2 Å². The Morgan fingerprint density at radius 2 is 1.56 bits per heavy atom. The highest BCUT2D eigenvalue weighted by atomic mass is 15.3. The molecular weight excluding hydrogens is 422 g/mol. The van der Waals surface area contributed by atoms with Gasteiger partial charge >= 0.3 is 0 Å². The summed E-state index contributed by atoms with van der Waals surface area (Å²) in [6, 6.07) is 17.7. The van der Waals surface area contributed by atoms with E-state index in [1.807, 2.05) is 16.6 Å². The van der Waals surface area contributed by atoms with Gasteiger partial charge in [0.25, 0.3) is 0 Å². The molecule has 0 unspecified atom stereocenters. The van der Waals surface area contributed by atoms with Crippen molar-refractivity contribution in [3.63, 3.8) is 0 Å². The van der Waals surface area contributed by atoms with E-state index >= 15 is 0 Å². The van der Waals surface area contributed by atoms with Gasteiger partial charge in [0, 0.05) is 61.6 Å². The van der Waals surface area contributed by atoms with Crippen molar-refractivity contribution in [3.8, 4) is 11.3 Å². The maximum atomic E-state index is 4.50. The molecule has 1 saturated heterocycles. The van der Waals surface area contributed by atoms with Crippen molar-refractivity contribution in [2.45, 2.75) is 38.1 Å².